The van der Waals surface area contributed by atoms with Crippen molar-refractivity contribution in [2.24, 2.45) is 0 Å². The number of esters is 1. The van der Waals surface area contributed by atoms with E-state index >= 15 is 0 Å². The van der Waals surface area contributed by atoms with Crippen LogP contribution in [0.3, 0.4) is 0 Å². The van der Waals surface area contributed by atoms with E-state index in [-0.39, 0.29) is 17.0 Å². The van der Waals surface area contributed by atoms with E-state index in [9.17, 15) is 19.5 Å². The minimum atomic E-state index is -0.740. The SMILES string of the molecule is COC(=O)c1[nH]c(C)c(C(O)=C2C(=O)C(=O)N(CCCN3CCOCC3)[C@@H]2c2ccc(C(C)C)cc2)c1C. The number of benzene rings is 1. The van der Waals surface area contributed by atoms with Gasteiger partial charge < -0.3 is 24.5 Å². The van der Waals surface area contributed by atoms with Gasteiger partial charge in [-0.2, -0.15) is 0 Å². The molecule has 0 bridgehead atoms. The first-order valence-corrected chi connectivity index (χ1v) is 13.1. The highest BCUT2D eigenvalue weighted by molar-refractivity contribution is 6.46. The summed E-state index contributed by atoms with van der Waals surface area (Å²) < 4.78 is 10.3. The Morgan fingerprint density at radius 1 is 1.13 bits per heavy atom. The lowest BCUT2D eigenvalue weighted by atomic mass is 9.92. The van der Waals surface area contributed by atoms with Crippen LogP contribution in [0.5, 0.6) is 0 Å². The number of ether oxygens (including phenoxy) is 2. The number of aromatic amines is 1. The molecule has 4 rings (SSSR count). The van der Waals surface area contributed by atoms with Crippen LogP contribution in [-0.4, -0.2) is 84.1 Å². The number of amides is 1. The largest absolute Gasteiger partial charge is 0.507 e. The predicted molar refractivity (Wildman–Crippen MR) is 143 cm³/mol. The Hall–Kier alpha value is -3.43. The van der Waals surface area contributed by atoms with Gasteiger partial charge in [0.15, 0.2) is 0 Å². The maximum absolute atomic E-state index is 13.4. The molecule has 0 saturated carbocycles. The summed E-state index contributed by atoms with van der Waals surface area (Å²) in [5.74, 6) is -1.91. The quantitative estimate of drug-likeness (QED) is 0.235. The number of rotatable bonds is 8. The number of aromatic nitrogens is 1. The van der Waals surface area contributed by atoms with Crippen molar-refractivity contribution in [1.29, 1.82) is 0 Å². The van der Waals surface area contributed by atoms with Crippen LogP contribution in [0.4, 0.5) is 0 Å². The number of carbonyl (C=O) groups excluding carboxylic acids is 3. The number of aryl methyl sites for hydroxylation is 1. The normalized spacial score (nSPS) is 19.9. The number of aliphatic hydroxyl groups excluding tert-OH is 1. The monoisotopic (exact) mass is 523 g/mol. The number of nitrogens with zero attached hydrogens (tertiary/aromatic N) is 2. The van der Waals surface area contributed by atoms with Crippen LogP contribution in [0, 0.1) is 13.8 Å². The van der Waals surface area contributed by atoms with E-state index in [4.69, 9.17) is 9.47 Å². The van der Waals surface area contributed by atoms with E-state index in [2.05, 4.69) is 23.7 Å². The van der Waals surface area contributed by atoms with Crippen LogP contribution in [0.15, 0.2) is 29.8 Å². The summed E-state index contributed by atoms with van der Waals surface area (Å²) in [6.07, 6.45) is 0.683. The zero-order chi connectivity index (χ0) is 27.6. The van der Waals surface area contributed by atoms with Crippen LogP contribution < -0.4 is 0 Å². The number of hydrogen-bond donors (Lipinski definition) is 2. The van der Waals surface area contributed by atoms with E-state index < -0.39 is 23.7 Å². The molecule has 2 N–H and O–H groups in total. The summed E-state index contributed by atoms with van der Waals surface area (Å²) in [5.41, 5.74) is 3.41. The fourth-order valence-corrected chi connectivity index (χ4v) is 5.36. The molecule has 1 amide bonds. The molecule has 0 aliphatic carbocycles. The number of hydrogen-bond acceptors (Lipinski definition) is 7. The van der Waals surface area contributed by atoms with Crippen molar-refractivity contribution in [3.05, 3.63) is 63.5 Å². The Labute approximate surface area is 223 Å². The average molecular weight is 524 g/mol. The molecule has 204 valence electrons. The molecule has 9 nitrogen and oxygen atoms in total. The van der Waals surface area contributed by atoms with E-state index in [1.54, 1.807) is 18.7 Å². The van der Waals surface area contributed by atoms with Gasteiger partial charge in [0.1, 0.15) is 11.5 Å². The van der Waals surface area contributed by atoms with Crippen molar-refractivity contribution in [2.75, 3.05) is 46.5 Å². The van der Waals surface area contributed by atoms with E-state index in [1.807, 2.05) is 24.3 Å². The number of Topliss-reactive ketones (excluding diaryl/α,β-unsaturated/α-hetero) is 1. The van der Waals surface area contributed by atoms with Crippen molar-refractivity contribution in [1.82, 2.24) is 14.8 Å². The molecular formula is C29H37N3O6. The van der Waals surface area contributed by atoms with Gasteiger partial charge in [0, 0.05) is 37.4 Å². The predicted octanol–water partition coefficient (Wildman–Crippen LogP) is 3.69. The molecule has 2 fully saturated rings. The average Bonchev–Trinajstić information content (AvgIpc) is 3.35. The Morgan fingerprint density at radius 3 is 2.39 bits per heavy atom. The minimum absolute atomic E-state index is 0.0280. The number of carbonyl (C=O) groups is 3. The van der Waals surface area contributed by atoms with E-state index in [0.717, 1.165) is 30.8 Å². The third-order valence-corrected chi connectivity index (χ3v) is 7.50. The van der Waals surface area contributed by atoms with Gasteiger partial charge in [-0.1, -0.05) is 38.1 Å². The molecule has 1 aromatic carbocycles. The Kier molecular flexibility index (Phi) is 8.38. The van der Waals surface area contributed by atoms with Crippen molar-refractivity contribution in [3.63, 3.8) is 0 Å². The third kappa shape index (κ3) is 5.26. The third-order valence-electron chi connectivity index (χ3n) is 7.50. The van der Waals surface area contributed by atoms with Gasteiger partial charge in [0.25, 0.3) is 11.7 Å². The molecule has 2 aliphatic rings. The van der Waals surface area contributed by atoms with Gasteiger partial charge in [-0.15, -0.1) is 0 Å². The molecular weight excluding hydrogens is 486 g/mol. The number of ketones is 1. The molecule has 2 aromatic rings. The fraction of sp³-hybridized carbons (Fsp3) is 0.483. The number of nitrogens with one attached hydrogen (secondary N) is 1. The number of H-pyrrole nitrogens is 1. The zero-order valence-electron chi connectivity index (χ0n) is 22.8. The summed E-state index contributed by atoms with van der Waals surface area (Å²) in [4.78, 5) is 45.8. The van der Waals surface area contributed by atoms with Crippen molar-refractivity contribution < 1.29 is 29.0 Å². The molecule has 1 atom stereocenters. The van der Waals surface area contributed by atoms with Gasteiger partial charge in [-0.25, -0.2) is 4.79 Å². The second-order valence-electron chi connectivity index (χ2n) is 10.2. The van der Waals surface area contributed by atoms with Crippen LogP contribution in [-0.2, 0) is 19.1 Å². The number of likely N-dealkylation sites (tertiary alicyclic amines) is 1. The second kappa shape index (κ2) is 11.5. The molecule has 1 aromatic heterocycles. The maximum atomic E-state index is 13.4. The van der Waals surface area contributed by atoms with Gasteiger partial charge >= 0.3 is 5.97 Å². The van der Waals surface area contributed by atoms with E-state index in [0.29, 0.717) is 48.9 Å². The highest BCUT2D eigenvalue weighted by Crippen LogP contribution is 2.41. The maximum Gasteiger partial charge on any atom is 0.354 e. The van der Waals surface area contributed by atoms with Crippen molar-refractivity contribution in [2.45, 2.75) is 46.1 Å². The van der Waals surface area contributed by atoms with Gasteiger partial charge in [0.2, 0.25) is 0 Å². The zero-order valence-corrected chi connectivity index (χ0v) is 22.8. The molecule has 0 unspecified atom stereocenters. The van der Waals surface area contributed by atoms with Crippen LogP contribution >= 0.6 is 0 Å². The summed E-state index contributed by atoms with van der Waals surface area (Å²) in [7, 11) is 1.28. The number of methoxy groups -OCH3 is 1. The second-order valence-corrected chi connectivity index (χ2v) is 10.2. The molecule has 9 heteroatoms. The lowest BCUT2D eigenvalue weighted by Gasteiger charge is -2.29. The standard InChI is InChI=1S/C29H37N3O6/c1-17(2)20-7-9-21(10-8-20)25-23(26(33)22-18(3)24(29(36)37-5)30-19(22)4)27(34)28(35)32(25)12-6-11-31-13-15-38-16-14-31/h7-10,17,25,30,33H,6,11-16H2,1-5H3/t25-/m1/s1. The lowest BCUT2D eigenvalue weighted by molar-refractivity contribution is -0.140. The molecule has 0 radical (unpaired) electrons. The molecule has 0 spiro atoms. The number of aliphatic hydroxyl groups is 1. The first kappa shape index (κ1) is 27.6. The van der Waals surface area contributed by atoms with Crippen molar-refractivity contribution >= 4 is 23.4 Å². The first-order chi connectivity index (χ1) is 18.1. The number of morpholine rings is 1. The lowest BCUT2D eigenvalue weighted by Crippen LogP contribution is -2.38. The summed E-state index contributed by atoms with van der Waals surface area (Å²) in [6.45, 7) is 11.8. The van der Waals surface area contributed by atoms with Gasteiger partial charge in [-0.05, 0) is 42.9 Å². The minimum Gasteiger partial charge on any atom is -0.507 e. The van der Waals surface area contributed by atoms with Crippen LogP contribution in [0.25, 0.3) is 5.76 Å². The highest BCUT2D eigenvalue weighted by Gasteiger charge is 2.46. The summed E-state index contributed by atoms with van der Waals surface area (Å²) in [6, 6.07) is 7.10. The van der Waals surface area contributed by atoms with Crippen molar-refractivity contribution in [3.8, 4) is 0 Å². The van der Waals surface area contributed by atoms with Gasteiger partial charge in [-0.3, -0.25) is 14.5 Å². The van der Waals surface area contributed by atoms with Crippen LogP contribution in [0.1, 0.15) is 70.7 Å². The molecule has 2 saturated heterocycles. The van der Waals surface area contributed by atoms with Crippen LogP contribution in [0.2, 0.25) is 0 Å². The highest BCUT2D eigenvalue weighted by atomic mass is 16.5. The smallest absolute Gasteiger partial charge is 0.354 e. The van der Waals surface area contributed by atoms with E-state index in [1.165, 1.54) is 7.11 Å². The first-order valence-electron chi connectivity index (χ1n) is 13.1. The molecule has 3 heterocycles. The Balaban J connectivity index is 1.75. The Morgan fingerprint density at radius 2 is 1.79 bits per heavy atom. The Bertz CT molecular complexity index is 1240. The summed E-state index contributed by atoms with van der Waals surface area (Å²) in [5, 5.41) is 11.5. The molecule has 38 heavy (non-hydrogen) atoms. The molecule has 2 aliphatic heterocycles. The fourth-order valence-electron chi connectivity index (χ4n) is 5.36. The summed E-state index contributed by atoms with van der Waals surface area (Å²) >= 11 is 0. The topological polar surface area (TPSA) is 112 Å². The van der Waals surface area contributed by atoms with Gasteiger partial charge in [0.05, 0.1) is 31.9 Å².